The van der Waals surface area contributed by atoms with E-state index in [0.717, 1.165) is 4.31 Å². The average Bonchev–Trinajstić information content (AvgIpc) is 2.26. The number of nitrogens with two attached hydrogens (primary N) is 1. The lowest BCUT2D eigenvalue weighted by molar-refractivity contribution is -0.131. The van der Waals surface area contributed by atoms with Crippen LogP contribution in [0.3, 0.4) is 0 Å². The van der Waals surface area contributed by atoms with Crippen molar-refractivity contribution in [1.29, 1.82) is 0 Å². The molecule has 0 fully saturated rings. The Hall–Kier alpha value is -0.660. The molecule has 0 spiro atoms. The summed E-state index contributed by atoms with van der Waals surface area (Å²) in [6.45, 7) is 3.57. The Balaban J connectivity index is 4.47. The van der Waals surface area contributed by atoms with Crippen molar-refractivity contribution in [3.05, 3.63) is 0 Å². The van der Waals surface area contributed by atoms with Crippen molar-refractivity contribution in [3.8, 4) is 0 Å². The molecule has 0 saturated heterocycles. The molecular weight excluding hydrogens is 230 g/mol. The summed E-state index contributed by atoms with van der Waals surface area (Å²) in [5.74, 6) is -0.259. The van der Waals surface area contributed by atoms with Gasteiger partial charge in [0.25, 0.3) is 0 Å². The lowest BCUT2D eigenvalue weighted by Gasteiger charge is -2.25. The molecule has 0 aliphatic rings. The van der Waals surface area contributed by atoms with Gasteiger partial charge in [0.05, 0.1) is 12.3 Å². The fraction of sp³-hybridized carbons (Fsp3) is 0.889. The zero-order valence-electron chi connectivity index (χ0n) is 10.3. The topological polar surface area (TPSA) is 83.7 Å². The van der Waals surface area contributed by atoms with Crippen LogP contribution in [0, 0.1) is 0 Å². The van der Waals surface area contributed by atoms with Crippen LogP contribution in [-0.2, 0) is 14.8 Å². The molecule has 1 atom stereocenters. The second-order valence-corrected chi connectivity index (χ2v) is 6.11. The van der Waals surface area contributed by atoms with Gasteiger partial charge >= 0.3 is 0 Å². The summed E-state index contributed by atoms with van der Waals surface area (Å²) in [6, 6.07) is -0.0924. The van der Waals surface area contributed by atoms with Crippen molar-refractivity contribution in [2.75, 3.05) is 32.9 Å². The highest BCUT2D eigenvalue weighted by molar-refractivity contribution is 7.89. The van der Waals surface area contributed by atoms with Crippen LogP contribution in [0.25, 0.3) is 0 Å². The molecule has 2 N–H and O–H groups in total. The molecule has 16 heavy (non-hydrogen) atoms. The number of sulfonamides is 1. The highest BCUT2D eigenvalue weighted by Crippen LogP contribution is 2.01. The molecule has 0 saturated carbocycles. The van der Waals surface area contributed by atoms with E-state index in [1.165, 1.54) is 11.9 Å². The highest BCUT2D eigenvalue weighted by atomic mass is 32.2. The number of hydrogen-bond donors (Lipinski definition) is 1. The van der Waals surface area contributed by atoms with Crippen molar-refractivity contribution in [1.82, 2.24) is 9.21 Å². The third-order valence-corrected chi connectivity index (χ3v) is 4.40. The molecule has 0 radical (unpaired) electrons. The van der Waals surface area contributed by atoms with E-state index < -0.39 is 10.0 Å². The van der Waals surface area contributed by atoms with E-state index in [1.807, 2.05) is 6.92 Å². The van der Waals surface area contributed by atoms with Crippen LogP contribution >= 0.6 is 0 Å². The fourth-order valence-electron chi connectivity index (χ4n) is 1.02. The second kappa shape index (κ2) is 6.17. The number of carbonyl (C=O) groups is 1. The Morgan fingerprint density at radius 1 is 1.38 bits per heavy atom. The Bertz CT molecular complexity index is 329. The van der Waals surface area contributed by atoms with Crippen molar-refractivity contribution in [2.45, 2.75) is 19.9 Å². The number of nitrogens with zero attached hydrogens (tertiary/aromatic N) is 2. The van der Waals surface area contributed by atoms with Gasteiger partial charge in [0.2, 0.25) is 15.9 Å². The van der Waals surface area contributed by atoms with Crippen LogP contribution in [0.15, 0.2) is 0 Å². The van der Waals surface area contributed by atoms with Gasteiger partial charge in [0, 0.05) is 26.7 Å². The SMILES string of the molecule is CCS(=O)(=O)N(C)CC(=O)N(C)C(C)CN. The van der Waals surface area contributed by atoms with Gasteiger partial charge in [-0.25, -0.2) is 8.42 Å². The van der Waals surface area contributed by atoms with E-state index in [2.05, 4.69) is 0 Å². The van der Waals surface area contributed by atoms with Crippen LogP contribution in [-0.4, -0.2) is 62.5 Å². The average molecular weight is 251 g/mol. The van der Waals surface area contributed by atoms with Crippen molar-refractivity contribution < 1.29 is 13.2 Å². The van der Waals surface area contributed by atoms with E-state index in [1.54, 1.807) is 14.0 Å². The van der Waals surface area contributed by atoms with E-state index in [-0.39, 0.29) is 24.2 Å². The molecule has 0 aliphatic heterocycles. The molecule has 0 heterocycles. The minimum absolute atomic E-state index is 0.00701. The molecule has 0 aromatic rings. The quantitative estimate of drug-likeness (QED) is 0.661. The van der Waals surface area contributed by atoms with E-state index in [0.29, 0.717) is 6.54 Å². The van der Waals surface area contributed by atoms with Crippen LogP contribution in [0.5, 0.6) is 0 Å². The molecule has 0 aromatic carbocycles. The highest BCUT2D eigenvalue weighted by Gasteiger charge is 2.21. The minimum atomic E-state index is -3.30. The number of carbonyl (C=O) groups excluding carboxylic acids is 1. The predicted octanol–water partition coefficient (Wildman–Crippen LogP) is -0.926. The number of hydrogen-bond acceptors (Lipinski definition) is 4. The molecule has 96 valence electrons. The van der Waals surface area contributed by atoms with Crippen molar-refractivity contribution in [2.24, 2.45) is 5.73 Å². The number of amides is 1. The summed E-state index contributed by atoms with van der Waals surface area (Å²) < 4.78 is 23.9. The maximum Gasteiger partial charge on any atom is 0.237 e. The van der Waals surface area contributed by atoms with Gasteiger partial charge in [-0.15, -0.1) is 0 Å². The summed E-state index contributed by atoms with van der Waals surface area (Å²) in [4.78, 5) is 13.1. The first-order valence-electron chi connectivity index (χ1n) is 5.16. The Labute approximate surface area is 97.4 Å². The maximum atomic E-state index is 11.7. The van der Waals surface area contributed by atoms with Crippen LogP contribution < -0.4 is 5.73 Å². The maximum absolute atomic E-state index is 11.7. The predicted molar refractivity (Wildman–Crippen MR) is 63.4 cm³/mol. The van der Waals surface area contributed by atoms with Crippen LogP contribution in [0.4, 0.5) is 0 Å². The van der Waals surface area contributed by atoms with Crippen molar-refractivity contribution in [3.63, 3.8) is 0 Å². The molecule has 0 aliphatic carbocycles. The molecule has 0 rings (SSSR count). The lowest BCUT2D eigenvalue weighted by atomic mass is 10.3. The largest absolute Gasteiger partial charge is 0.341 e. The molecule has 1 amide bonds. The third kappa shape index (κ3) is 4.07. The van der Waals surface area contributed by atoms with Gasteiger partial charge in [-0.2, -0.15) is 4.31 Å². The van der Waals surface area contributed by atoms with Gasteiger partial charge < -0.3 is 10.6 Å². The zero-order valence-corrected chi connectivity index (χ0v) is 11.1. The van der Waals surface area contributed by atoms with Crippen LogP contribution in [0.2, 0.25) is 0 Å². The fourth-order valence-corrected chi connectivity index (χ4v) is 1.77. The lowest BCUT2D eigenvalue weighted by Crippen LogP contribution is -2.45. The molecule has 0 bridgehead atoms. The van der Waals surface area contributed by atoms with Gasteiger partial charge in [0.1, 0.15) is 0 Å². The number of likely N-dealkylation sites (N-methyl/N-ethyl adjacent to an activating group) is 2. The van der Waals surface area contributed by atoms with Gasteiger partial charge in [-0.3, -0.25) is 4.79 Å². The summed E-state index contributed by atoms with van der Waals surface area (Å²) >= 11 is 0. The van der Waals surface area contributed by atoms with E-state index >= 15 is 0 Å². The monoisotopic (exact) mass is 251 g/mol. The minimum Gasteiger partial charge on any atom is -0.341 e. The van der Waals surface area contributed by atoms with Crippen molar-refractivity contribution >= 4 is 15.9 Å². The Kier molecular flexibility index (Phi) is 5.91. The molecule has 1 unspecified atom stereocenters. The Morgan fingerprint density at radius 3 is 2.25 bits per heavy atom. The third-order valence-electron chi connectivity index (χ3n) is 2.59. The zero-order chi connectivity index (χ0) is 12.9. The standard InChI is InChI=1S/C9H21N3O3S/c1-5-16(14,15)11(3)7-9(13)12(4)8(2)6-10/h8H,5-7,10H2,1-4H3. The first-order valence-corrected chi connectivity index (χ1v) is 6.76. The van der Waals surface area contributed by atoms with E-state index in [9.17, 15) is 13.2 Å². The first-order chi connectivity index (χ1) is 7.26. The first kappa shape index (κ1) is 15.3. The molecular formula is C9H21N3O3S. The smallest absolute Gasteiger partial charge is 0.237 e. The number of rotatable bonds is 6. The molecule has 6 nitrogen and oxygen atoms in total. The molecule has 0 aromatic heterocycles. The summed E-state index contributed by atoms with van der Waals surface area (Å²) in [7, 11) is -0.287. The second-order valence-electron chi connectivity index (χ2n) is 3.75. The summed E-state index contributed by atoms with van der Waals surface area (Å²) in [6.07, 6.45) is 0. The normalized spacial score (nSPS) is 13.9. The van der Waals surface area contributed by atoms with Gasteiger partial charge in [0.15, 0.2) is 0 Å². The summed E-state index contributed by atoms with van der Waals surface area (Å²) in [5, 5.41) is 0. The Morgan fingerprint density at radius 2 is 1.88 bits per heavy atom. The van der Waals surface area contributed by atoms with E-state index in [4.69, 9.17) is 5.73 Å². The summed E-state index contributed by atoms with van der Waals surface area (Å²) in [5.41, 5.74) is 5.43. The van der Waals surface area contributed by atoms with Crippen LogP contribution in [0.1, 0.15) is 13.8 Å². The van der Waals surface area contributed by atoms with Gasteiger partial charge in [-0.1, -0.05) is 0 Å². The molecule has 7 heteroatoms. The van der Waals surface area contributed by atoms with Gasteiger partial charge in [-0.05, 0) is 13.8 Å².